The van der Waals surface area contributed by atoms with E-state index in [1.165, 1.54) is 24.8 Å². The molecule has 1 aliphatic rings. The normalized spacial score (nSPS) is 16.6. The Balaban J connectivity index is 1.80. The van der Waals surface area contributed by atoms with Gasteiger partial charge in [0.05, 0.1) is 6.20 Å². The van der Waals surface area contributed by atoms with Gasteiger partial charge < -0.3 is 11.1 Å². The SMILES string of the molecule is CCCn1cc(C(CN)NCCC2=CCCC2)cn1. The van der Waals surface area contributed by atoms with Crippen LogP contribution >= 0.6 is 0 Å². The summed E-state index contributed by atoms with van der Waals surface area (Å²) in [5.41, 5.74) is 8.67. The molecule has 0 spiro atoms. The largest absolute Gasteiger partial charge is 0.329 e. The van der Waals surface area contributed by atoms with Crippen molar-refractivity contribution in [2.45, 2.75) is 51.6 Å². The average molecular weight is 262 g/mol. The van der Waals surface area contributed by atoms with E-state index in [-0.39, 0.29) is 6.04 Å². The average Bonchev–Trinajstić information content (AvgIpc) is 3.06. The topological polar surface area (TPSA) is 55.9 Å². The lowest BCUT2D eigenvalue weighted by Crippen LogP contribution is -2.28. The van der Waals surface area contributed by atoms with Crippen LogP contribution in [0.5, 0.6) is 0 Å². The molecule has 19 heavy (non-hydrogen) atoms. The molecule has 0 fully saturated rings. The van der Waals surface area contributed by atoms with E-state index in [1.54, 1.807) is 5.57 Å². The van der Waals surface area contributed by atoms with Gasteiger partial charge in [-0.05, 0) is 38.6 Å². The van der Waals surface area contributed by atoms with Crippen molar-refractivity contribution in [2.75, 3.05) is 13.1 Å². The van der Waals surface area contributed by atoms with Crippen LogP contribution < -0.4 is 11.1 Å². The van der Waals surface area contributed by atoms with Gasteiger partial charge in [0, 0.05) is 30.9 Å². The molecule has 0 radical (unpaired) electrons. The smallest absolute Gasteiger partial charge is 0.0538 e. The summed E-state index contributed by atoms with van der Waals surface area (Å²) in [5.74, 6) is 0. The maximum Gasteiger partial charge on any atom is 0.0538 e. The van der Waals surface area contributed by atoms with Gasteiger partial charge in [0.25, 0.3) is 0 Å². The zero-order chi connectivity index (χ0) is 13.5. The van der Waals surface area contributed by atoms with Crippen LogP contribution in [0.2, 0.25) is 0 Å². The Hall–Kier alpha value is -1.13. The predicted molar refractivity (Wildman–Crippen MR) is 78.9 cm³/mol. The van der Waals surface area contributed by atoms with Gasteiger partial charge in [0.15, 0.2) is 0 Å². The molecule has 0 saturated carbocycles. The second kappa shape index (κ2) is 7.46. The molecule has 0 aromatic carbocycles. The van der Waals surface area contributed by atoms with Gasteiger partial charge in [-0.25, -0.2) is 0 Å². The number of nitrogens with one attached hydrogen (secondary N) is 1. The van der Waals surface area contributed by atoms with E-state index < -0.39 is 0 Å². The summed E-state index contributed by atoms with van der Waals surface area (Å²) in [5, 5.41) is 7.92. The van der Waals surface area contributed by atoms with Crippen LogP contribution in [0.15, 0.2) is 24.0 Å². The van der Waals surface area contributed by atoms with Gasteiger partial charge in [0.1, 0.15) is 0 Å². The Morgan fingerprint density at radius 1 is 1.53 bits per heavy atom. The van der Waals surface area contributed by atoms with E-state index in [9.17, 15) is 0 Å². The summed E-state index contributed by atoms with van der Waals surface area (Å²) in [7, 11) is 0. The molecule has 1 heterocycles. The van der Waals surface area contributed by atoms with Crippen LogP contribution in [-0.4, -0.2) is 22.9 Å². The Bertz CT molecular complexity index is 408. The number of nitrogens with two attached hydrogens (primary N) is 1. The molecule has 1 aromatic rings. The van der Waals surface area contributed by atoms with Gasteiger partial charge >= 0.3 is 0 Å². The van der Waals surface area contributed by atoms with E-state index in [0.717, 1.165) is 25.9 Å². The molecule has 106 valence electrons. The third-order valence-corrected chi connectivity index (χ3v) is 3.72. The minimum Gasteiger partial charge on any atom is -0.329 e. The first-order valence-electron chi connectivity index (χ1n) is 7.47. The predicted octanol–water partition coefficient (Wildman–Crippen LogP) is 2.38. The van der Waals surface area contributed by atoms with E-state index in [1.807, 2.05) is 10.9 Å². The molecular formula is C15H26N4. The first-order valence-corrected chi connectivity index (χ1v) is 7.47. The molecule has 1 aromatic heterocycles. The highest BCUT2D eigenvalue weighted by Crippen LogP contribution is 2.20. The number of aryl methyl sites for hydroxylation is 1. The summed E-state index contributed by atoms with van der Waals surface area (Å²) >= 11 is 0. The number of aromatic nitrogens is 2. The van der Waals surface area contributed by atoms with Gasteiger partial charge in [0.2, 0.25) is 0 Å². The highest BCUT2D eigenvalue weighted by Gasteiger charge is 2.12. The number of nitrogens with zero attached hydrogens (tertiary/aromatic N) is 2. The molecule has 1 atom stereocenters. The highest BCUT2D eigenvalue weighted by molar-refractivity contribution is 5.12. The lowest BCUT2D eigenvalue weighted by Gasteiger charge is -2.15. The summed E-state index contributed by atoms with van der Waals surface area (Å²) in [4.78, 5) is 0. The van der Waals surface area contributed by atoms with Gasteiger partial charge in [-0.3, -0.25) is 4.68 Å². The summed E-state index contributed by atoms with van der Waals surface area (Å²) in [6.07, 6.45) is 12.6. The molecule has 0 amide bonds. The lowest BCUT2D eigenvalue weighted by molar-refractivity contribution is 0.540. The molecule has 0 saturated heterocycles. The molecular weight excluding hydrogens is 236 g/mol. The van der Waals surface area contributed by atoms with Crippen LogP contribution in [0.1, 0.15) is 50.6 Å². The Labute approximate surface area is 116 Å². The molecule has 2 rings (SSSR count). The minimum absolute atomic E-state index is 0.229. The van der Waals surface area contributed by atoms with Crippen molar-refractivity contribution in [3.8, 4) is 0 Å². The maximum atomic E-state index is 5.87. The van der Waals surface area contributed by atoms with E-state index >= 15 is 0 Å². The zero-order valence-electron chi connectivity index (χ0n) is 11.9. The molecule has 0 aliphatic heterocycles. The number of rotatable bonds is 8. The summed E-state index contributed by atoms with van der Waals surface area (Å²) in [6, 6.07) is 0.229. The fourth-order valence-electron chi connectivity index (χ4n) is 2.62. The van der Waals surface area contributed by atoms with E-state index in [0.29, 0.717) is 6.54 Å². The Morgan fingerprint density at radius 3 is 3.11 bits per heavy atom. The molecule has 4 nitrogen and oxygen atoms in total. The monoisotopic (exact) mass is 262 g/mol. The van der Waals surface area contributed by atoms with Crippen molar-refractivity contribution < 1.29 is 0 Å². The molecule has 1 unspecified atom stereocenters. The third kappa shape index (κ3) is 4.18. The van der Waals surface area contributed by atoms with Gasteiger partial charge in [-0.1, -0.05) is 18.6 Å². The summed E-state index contributed by atoms with van der Waals surface area (Å²) in [6.45, 7) is 4.77. The molecule has 1 aliphatic carbocycles. The molecule has 4 heteroatoms. The van der Waals surface area contributed by atoms with Crippen LogP contribution in [0.25, 0.3) is 0 Å². The highest BCUT2D eigenvalue weighted by atomic mass is 15.3. The quantitative estimate of drug-likeness (QED) is 0.707. The Kier molecular flexibility index (Phi) is 5.61. The number of hydrogen-bond acceptors (Lipinski definition) is 3. The third-order valence-electron chi connectivity index (χ3n) is 3.72. The zero-order valence-corrected chi connectivity index (χ0v) is 11.9. The Morgan fingerprint density at radius 2 is 2.42 bits per heavy atom. The number of allylic oxidation sites excluding steroid dienone is 1. The van der Waals surface area contributed by atoms with Crippen LogP contribution in [0.3, 0.4) is 0 Å². The van der Waals surface area contributed by atoms with Crippen molar-refractivity contribution in [3.63, 3.8) is 0 Å². The van der Waals surface area contributed by atoms with Crippen molar-refractivity contribution in [3.05, 3.63) is 29.6 Å². The first-order chi connectivity index (χ1) is 9.33. The molecule has 0 bridgehead atoms. The maximum absolute atomic E-state index is 5.87. The van der Waals surface area contributed by atoms with E-state index in [4.69, 9.17) is 5.73 Å². The second-order valence-corrected chi connectivity index (χ2v) is 5.28. The van der Waals surface area contributed by atoms with E-state index in [2.05, 4.69) is 29.6 Å². The van der Waals surface area contributed by atoms with Gasteiger partial charge in [-0.2, -0.15) is 5.10 Å². The van der Waals surface area contributed by atoms with Crippen molar-refractivity contribution in [1.82, 2.24) is 15.1 Å². The van der Waals surface area contributed by atoms with Crippen LogP contribution in [0.4, 0.5) is 0 Å². The first kappa shape index (κ1) is 14.3. The van der Waals surface area contributed by atoms with Crippen molar-refractivity contribution >= 4 is 0 Å². The molecule has 3 N–H and O–H groups in total. The van der Waals surface area contributed by atoms with Gasteiger partial charge in [-0.15, -0.1) is 0 Å². The second-order valence-electron chi connectivity index (χ2n) is 5.28. The fraction of sp³-hybridized carbons (Fsp3) is 0.667. The van der Waals surface area contributed by atoms with Crippen molar-refractivity contribution in [2.24, 2.45) is 5.73 Å². The van der Waals surface area contributed by atoms with Crippen molar-refractivity contribution in [1.29, 1.82) is 0 Å². The standard InChI is InChI=1S/C15H26N4/c1-2-9-19-12-14(11-18-19)15(10-16)17-8-7-13-5-3-4-6-13/h5,11-12,15,17H,2-4,6-10,16H2,1H3. The van der Waals surface area contributed by atoms with Crippen LogP contribution in [0, 0.1) is 0 Å². The lowest BCUT2D eigenvalue weighted by atomic mass is 10.1. The fourth-order valence-corrected chi connectivity index (χ4v) is 2.62. The minimum atomic E-state index is 0.229. The van der Waals surface area contributed by atoms with Crippen LogP contribution in [-0.2, 0) is 6.54 Å². The number of hydrogen-bond donors (Lipinski definition) is 2. The summed E-state index contributed by atoms with van der Waals surface area (Å²) < 4.78 is 2.00.